The SMILES string of the molecule is CCOCCOc1ccc([O])cn1. The first-order valence-electron chi connectivity index (χ1n) is 4.16. The van der Waals surface area contributed by atoms with Crippen LogP contribution in [0.2, 0.25) is 0 Å². The van der Waals surface area contributed by atoms with Crippen LogP contribution in [0.15, 0.2) is 18.3 Å². The van der Waals surface area contributed by atoms with Crippen molar-refractivity contribution < 1.29 is 14.6 Å². The first-order chi connectivity index (χ1) is 6.33. The zero-order valence-corrected chi connectivity index (χ0v) is 7.53. The molecule has 71 valence electrons. The van der Waals surface area contributed by atoms with Gasteiger partial charge in [0.25, 0.3) is 0 Å². The molecule has 0 amide bonds. The van der Waals surface area contributed by atoms with Gasteiger partial charge in [-0.1, -0.05) is 0 Å². The lowest BCUT2D eigenvalue weighted by atomic mass is 10.4. The van der Waals surface area contributed by atoms with E-state index in [1.165, 1.54) is 12.3 Å². The summed E-state index contributed by atoms with van der Waals surface area (Å²) >= 11 is 0. The van der Waals surface area contributed by atoms with Crippen molar-refractivity contribution in [2.75, 3.05) is 19.8 Å². The maximum atomic E-state index is 10.7. The van der Waals surface area contributed by atoms with Gasteiger partial charge in [0.1, 0.15) is 6.61 Å². The van der Waals surface area contributed by atoms with Crippen molar-refractivity contribution in [1.29, 1.82) is 0 Å². The molecule has 13 heavy (non-hydrogen) atoms. The van der Waals surface area contributed by atoms with Crippen LogP contribution in [0.3, 0.4) is 0 Å². The molecule has 0 aliphatic carbocycles. The summed E-state index contributed by atoms with van der Waals surface area (Å²) in [5.41, 5.74) is 0. The number of ether oxygens (including phenoxy) is 2. The van der Waals surface area contributed by atoms with Crippen LogP contribution < -0.4 is 4.74 Å². The van der Waals surface area contributed by atoms with Crippen molar-refractivity contribution in [3.8, 4) is 11.6 Å². The molecule has 1 rings (SSSR count). The van der Waals surface area contributed by atoms with Crippen LogP contribution in [0.25, 0.3) is 0 Å². The van der Waals surface area contributed by atoms with Crippen molar-refractivity contribution in [1.82, 2.24) is 4.98 Å². The molecule has 0 saturated carbocycles. The molecule has 1 heterocycles. The lowest BCUT2D eigenvalue weighted by Gasteiger charge is -2.03. The first kappa shape index (κ1) is 9.80. The first-order valence-corrected chi connectivity index (χ1v) is 4.16. The highest BCUT2D eigenvalue weighted by molar-refractivity contribution is 5.20. The number of nitrogens with zero attached hydrogens (tertiary/aromatic N) is 1. The fourth-order valence-corrected chi connectivity index (χ4v) is 0.802. The molecule has 0 fully saturated rings. The third-order valence-electron chi connectivity index (χ3n) is 1.39. The van der Waals surface area contributed by atoms with E-state index in [2.05, 4.69) is 4.98 Å². The molecular formula is C9H12NO3. The van der Waals surface area contributed by atoms with Gasteiger partial charge in [-0.3, -0.25) is 5.11 Å². The molecule has 0 atom stereocenters. The van der Waals surface area contributed by atoms with Gasteiger partial charge >= 0.3 is 0 Å². The summed E-state index contributed by atoms with van der Waals surface area (Å²) < 4.78 is 10.3. The highest BCUT2D eigenvalue weighted by atomic mass is 16.5. The summed E-state index contributed by atoms with van der Waals surface area (Å²) in [6, 6.07) is 2.97. The maximum Gasteiger partial charge on any atom is 0.213 e. The van der Waals surface area contributed by atoms with Crippen molar-refractivity contribution in [2.24, 2.45) is 0 Å². The highest BCUT2D eigenvalue weighted by Gasteiger charge is 1.95. The number of aromatic nitrogens is 1. The molecule has 1 radical (unpaired) electrons. The van der Waals surface area contributed by atoms with Crippen LogP contribution in [0, 0.1) is 0 Å². The summed E-state index contributed by atoms with van der Waals surface area (Å²) in [5, 5.41) is 10.7. The van der Waals surface area contributed by atoms with Gasteiger partial charge in [-0.05, 0) is 13.0 Å². The van der Waals surface area contributed by atoms with E-state index in [-0.39, 0.29) is 5.75 Å². The van der Waals surface area contributed by atoms with Gasteiger partial charge in [-0.2, -0.15) is 0 Å². The minimum atomic E-state index is -0.114. The summed E-state index contributed by atoms with van der Waals surface area (Å²) in [4.78, 5) is 3.79. The van der Waals surface area contributed by atoms with E-state index in [9.17, 15) is 5.11 Å². The number of pyridine rings is 1. The van der Waals surface area contributed by atoms with Gasteiger partial charge in [0.15, 0.2) is 5.75 Å². The second-order valence-corrected chi connectivity index (χ2v) is 2.38. The topological polar surface area (TPSA) is 51.2 Å². The van der Waals surface area contributed by atoms with Crippen LogP contribution in [0.4, 0.5) is 0 Å². The molecule has 1 aromatic rings. The van der Waals surface area contributed by atoms with Crippen LogP contribution in [-0.4, -0.2) is 24.8 Å². The second-order valence-electron chi connectivity index (χ2n) is 2.38. The van der Waals surface area contributed by atoms with Crippen LogP contribution in [-0.2, 0) is 9.84 Å². The number of rotatable bonds is 5. The predicted octanol–water partition coefficient (Wildman–Crippen LogP) is 1.64. The molecule has 0 unspecified atom stereocenters. The normalized spacial score (nSPS) is 9.92. The van der Waals surface area contributed by atoms with Crippen molar-refractivity contribution >= 4 is 0 Å². The quantitative estimate of drug-likeness (QED) is 0.650. The molecule has 0 spiro atoms. The van der Waals surface area contributed by atoms with E-state index in [0.29, 0.717) is 25.7 Å². The smallest absolute Gasteiger partial charge is 0.213 e. The van der Waals surface area contributed by atoms with Crippen LogP contribution in [0.5, 0.6) is 11.6 Å². The Bertz CT molecular complexity index is 235. The Hall–Kier alpha value is -1.29. The molecule has 0 bridgehead atoms. The Balaban J connectivity index is 2.25. The van der Waals surface area contributed by atoms with Gasteiger partial charge in [0.05, 0.1) is 12.8 Å². The lowest BCUT2D eigenvalue weighted by molar-refractivity contribution is 0.108. The molecule has 0 aliphatic rings. The molecular weight excluding hydrogens is 170 g/mol. The Morgan fingerprint density at radius 1 is 1.38 bits per heavy atom. The van der Waals surface area contributed by atoms with E-state index in [1.54, 1.807) is 6.07 Å². The number of hydrogen-bond acceptors (Lipinski definition) is 3. The third-order valence-corrected chi connectivity index (χ3v) is 1.39. The maximum absolute atomic E-state index is 10.7. The van der Waals surface area contributed by atoms with Crippen molar-refractivity contribution in [3.63, 3.8) is 0 Å². The summed E-state index contributed by atoms with van der Waals surface area (Å²) in [6.07, 6.45) is 1.23. The van der Waals surface area contributed by atoms with Crippen LogP contribution in [0.1, 0.15) is 6.92 Å². The fourth-order valence-electron chi connectivity index (χ4n) is 0.802. The van der Waals surface area contributed by atoms with Crippen molar-refractivity contribution in [2.45, 2.75) is 6.92 Å². The minimum Gasteiger partial charge on any atom is -0.475 e. The molecule has 1 aromatic heterocycles. The van der Waals surface area contributed by atoms with Gasteiger partial charge in [0.2, 0.25) is 5.88 Å². The largest absolute Gasteiger partial charge is 0.475 e. The van der Waals surface area contributed by atoms with E-state index < -0.39 is 0 Å². The molecule has 0 aliphatic heterocycles. The Morgan fingerprint density at radius 2 is 2.23 bits per heavy atom. The predicted molar refractivity (Wildman–Crippen MR) is 46.4 cm³/mol. The average Bonchev–Trinajstić information content (AvgIpc) is 2.15. The molecule has 4 heteroatoms. The third kappa shape index (κ3) is 3.75. The molecule has 0 N–H and O–H groups in total. The Kier molecular flexibility index (Phi) is 4.05. The highest BCUT2D eigenvalue weighted by Crippen LogP contribution is 2.11. The summed E-state index contributed by atoms with van der Waals surface area (Å²) in [7, 11) is 0. The fraction of sp³-hybridized carbons (Fsp3) is 0.444. The van der Waals surface area contributed by atoms with Crippen molar-refractivity contribution in [3.05, 3.63) is 18.3 Å². The van der Waals surface area contributed by atoms with Gasteiger partial charge in [0, 0.05) is 12.7 Å². The van der Waals surface area contributed by atoms with Gasteiger partial charge in [-0.15, -0.1) is 0 Å². The average molecular weight is 182 g/mol. The standard InChI is InChI=1S/C9H12NO3/c1-2-12-5-6-13-9-4-3-8(11)7-10-9/h3-4,7H,2,5-6H2,1H3. The van der Waals surface area contributed by atoms with E-state index >= 15 is 0 Å². The Morgan fingerprint density at radius 3 is 2.85 bits per heavy atom. The summed E-state index contributed by atoms with van der Waals surface area (Å²) in [6.45, 7) is 3.59. The van der Waals surface area contributed by atoms with E-state index in [1.807, 2.05) is 6.92 Å². The van der Waals surface area contributed by atoms with Gasteiger partial charge < -0.3 is 9.47 Å². The zero-order valence-electron chi connectivity index (χ0n) is 7.53. The van der Waals surface area contributed by atoms with E-state index in [0.717, 1.165) is 0 Å². The van der Waals surface area contributed by atoms with E-state index in [4.69, 9.17) is 9.47 Å². The molecule has 0 aromatic carbocycles. The summed E-state index contributed by atoms with van der Waals surface area (Å²) in [5.74, 6) is 0.344. The molecule has 4 nitrogen and oxygen atoms in total. The monoisotopic (exact) mass is 182 g/mol. The zero-order chi connectivity index (χ0) is 9.52. The molecule has 0 saturated heterocycles. The van der Waals surface area contributed by atoms with Crippen LogP contribution >= 0.6 is 0 Å². The number of hydrogen-bond donors (Lipinski definition) is 0. The second kappa shape index (κ2) is 5.37. The Labute approximate surface area is 77.1 Å². The lowest BCUT2D eigenvalue weighted by Crippen LogP contribution is -2.06. The minimum absolute atomic E-state index is 0.114. The van der Waals surface area contributed by atoms with Gasteiger partial charge in [-0.25, -0.2) is 4.98 Å².